The van der Waals surface area contributed by atoms with Crippen LogP contribution in [0.2, 0.25) is 0 Å². The summed E-state index contributed by atoms with van der Waals surface area (Å²) >= 11 is 0. The summed E-state index contributed by atoms with van der Waals surface area (Å²) in [7, 11) is 1.24. The van der Waals surface area contributed by atoms with Crippen molar-refractivity contribution in [3.63, 3.8) is 0 Å². The number of methoxy groups -OCH3 is 1. The summed E-state index contributed by atoms with van der Waals surface area (Å²) in [6.45, 7) is 0.428. The number of fused-ring (bicyclic) bond motifs is 1. The smallest absolute Gasteiger partial charge is 0.314 e. The van der Waals surface area contributed by atoms with Gasteiger partial charge in [-0.25, -0.2) is 0 Å². The van der Waals surface area contributed by atoms with E-state index in [0.717, 1.165) is 5.56 Å². The van der Waals surface area contributed by atoms with E-state index >= 15 is 0 Å². The van der Waals surface area contributed by atoms with E-state index in [4.69, 9.17) is 14.2 Å². The van der Waals surface area contributed by atoms with Crippen LogP contribution in [0.5, 0.6) is 11.5 Å². The van der Waals surface area contributed by atoms with Crippen LogP contribution in [0.15, 0.2) is 48.5 Å². The topological polar surface area (TPSA) is 85.3 Å². The maximum absolute atomic E-state index is 13.2. The van der Waals surface area contributed by atoms with Crippen LogP contribution in [0.25, 0.3) is 0 Å². The number of esters is 1. The van der Waals surface area contributed by atoms with Crippen LogP contribution in [0.3, 0.4) is 0 Å². The van der Waals surface area contributed by atoms with Gasteiger partial charge in [-0.05, 0) is 23.3 Å². The molecule has 7 heteroatoms. The van der Waals surface area contributed by atoms with Crippen LogP contribution in [0, 0.1) is 5.92 Å². The van der Waals surface area contributed by atoms with Crippen LogP contribution < -0.4 is 9.47 Å². The van der Waals surface area contributed by atoms with Crippen molar-refractivity contribution in [2.75, 3.05) is 20.4 Å². The predicted octanol–water partition coefficient (Wildman–Crippen LogP) is 1.43. The highest BCUT2D eigenvalue weighted by atomic mass is 16.7. The van der Waals surface area contributed by atoms with E-state index in [2.05, 4.69) is 0 Å². The van der Waals surface area contributed by atoms with Gasteiger partial charge in [0.05, 0.1) is 7.11 Å². The lowest BCUT2D eigenvalue weighted by atomic mass is 9.83. The maximum Gasteiger partial charge on any atom is 0.314 e. The van der Waals surface area contributed by atoms with Gasteiger partial charge >= 0.3 is 5.97 Å². The Labute approximate surface area is 156 Å². The molecule has 27 heavy (non-hydrogen) atoms. The van der Waals surface area contributed by atoms with E-state index in [9.17, 15) is 14.7 Å². The largest absolute Gasteiger partial charge is 0.469 e. The number of benzene rings is 2. The third kappa shape index (κ3) is 2.80. The molecule has 2 aromatic carbocycles. The molecule has 2 aliphatic heterocycles. The van der Waals surface area contributed by atoms with Crippen molar-refractivity contribution >= 4 is 11.9 Å². The molecule has 2 heterocycles. The second kappa shape index (κ2) is 6.59. The van der Waals surface area contributed by atoms with Crippen LogP contribution in [-0.4, -0.2) is 42.3 Å². The van der Waals surface area contributed by atoms with E-state index in [1.807, 2.05) is 30.3 Å². The fourth-order valence-electron chi connectivity index (χ4n) is 3.61. The Morgan fingerprint density at radius 1 is 1.22 bits per heavy atom. The molecule has 0 bridgehead atoms. The Morgan fingerprint density at radius 2 is 1.96 bits per heavy atom. The van der Waals surface area contributed by atoms with Gasteiger partial charge in [-0.3, -0.25) is 9.59 Å². The van der Waals surface area contributed by atoms with Crippen molar-refractivity contribution < 1.29 is 28.9 Å². The number of rotatable bonds is 4. The van der Waals surface area contributed by atoms with E-state index in [-0.39, 0.29) is 18.9 Å². The highest BCUT2D eigenvalue weighted by molar-refractivity contribution is 5.95. The van der Waals surface area contributed by atoms with Crippen LogP contribution in [0.1, 0.15) is 11.1 Å². The predicted molar refractivity (Wildman–Crippen MR) is 93.8 cm³/mol. The lowest BCUT2D eigenvalue weighted by molar-refractivity contribution is -0.160. The van der Waals surface area contributed by atoms with Crippen molar-refractivity contribution in [1.82, 2.24) is 4.90 Å². The molecule has 1 saturated heterocycles. The van der Waals surface area contributed by atoms with Crippen LogP contribution in [0.4, 0.5) is 0 Å². The molecule has 4 rings (SSSR count). The van der Waals surface area contributed by atoms with E-state index < -0.39 is 23.4 Å². The van der Waals surface area contributed by atoms with Gasteiger partial charge < -0.3 is 24.2 Å². The number of ether oxygens (including phenoxy) is 3. The molecule has 2 atom stereocenters. The van der Waals surface area contributed by atoms with Crippen LogP contribution in [-0.2, 0) is 26.5 Å². The molecular formula is C20H19NO6. The molecule has 7 nitrogen and oxygen atoms in total. The molecule has 2 unspecified atom stereocenters. The fraction of sp³-hybridized carbons (Fsp3) is 0.300. The zero-order chi connectivity index (χ0) is 19.0. The molecule has 0 aliphatic carbocycles. The molecule has 2 aliphatic rings. The first-order valence-electron chi connectivity index (χ1n) is 8.57. The number of carbonyl (C=O) groups excluding carboxylic acids is 2. The number of hydrogen-bond acceptors (Lipinski definition) is 6. The summed E-state index contributed by atoms with van der Waals surface area (Å²) in [4.78, 5) is 27.0. The zero-order valence-electron chi connectivity index (χ0n) is 14.8. The first-order chi connectivity index (χ1) is 13.0. The van der Waals surface area contributed by atoms with Crippen molar-refractivity contribution in [2.24, 2.45) is 5.92 Å². The van der Waals surface area contributed by atoms with Crippen molar-refractivity contribution in [3.8, 4) is 11.5 Å². The third-order valence-corrected chi connectivity index (χ3v) is 5.04. The van der Waals surface area contributed by atoms with Gasteiger partial charge in [-0.2, -0.15) is 0 Å². The summed E-state index contributed by atoms with van der Waals surface area (Å²) in [6, 6.07) is 14.1. The molecule has 1 amide bonds. The SMILES string of the molecule is COC(=O)C1CN(Cc2ccccc2)C(=O)C1(O)c1ccc2c(c1)OCO2. The molecule has 1 fully saturated rings. The van der Waals surface area contributed by atoms with Gasteiger partial charge in [-0.15, -0.1) is 0 Å². The summed E-state index contributed by atoms with van der Waals surface area (Å²) in [6.07, 6.45) is 0. The number of likely N-dealkylation sites (tertiary alicyclic amines) is 1. The summed E-state index contributed by atoms with van der Waals surface area (Å²) in [5.74, 6) is -1.26. The number of amides is 1. The second-order valence-electron chi connectivity index (χ2n) is 6.58. The Hall–Kier alpha value is -3.06. The van der Waals surface area contributed by atoms with Crippen molar-refractivity contribution in [3.05, 3.63) is 59.7 Å². The standard InChI is InChI=1S/C20H19NO6/c1-25-18(22)15-11-21(10-13-5-3-2-4-6-13)19(23)20(15,24)14-7-8-16-17(9-14)27-12-26-16/h2-9,15,24H,10-12H2,1H3. The Bertz CT molecular complexity index is 883. The Morgan fingerprint density at radius 3 is 2.70 bits per heavy atom. The monoisotopic (exact) mass is 369 g/mol. The van der Waals surface area contributed by atoms with Gasteiger partial charge in [0.2, 0.25) is 6.79 Å². The molecule has 2 aromatic rings. The summed E-state index contributed by atoms with van der Waals surface area (Å²) < 4.78 is 15.5. The molecule has 0 aromatic heterocycles. The van der Waals surface area contributed by atoms with Gasteiger partial charge in [-0.1, -0.05) is 36.4 Å². The molecule has 0 radical (unpaired) electrons. The van der Waals surface area contributed by atoms with E-state index in [1.165, 1.54) is 12.0 Å². The molecular weight excluding hydrogens is 350 g/mol. The summed E-state index contributed by atoms with van der Waals surface area (Å²) in [5, 5.41) is 11.4. The highest BCUT2D eigenvalue weighted by Gasteiger charge is 2.58. The molecule has 0 spiro atoms. The zero-order valence-corrected chi connectivity index (χ0v) is 14.8. The van der Waals surface area contributed by atoms with Gasteiger partial charge in [0.15, 0.2) is 17.1 Å². The van der Waals surface area contributed by atoms with Gasteiger partial charge in [0, 0.05) is 13.1 Å². The molecule has 0 saturated carbocycles. The average Bonchev–Trinajstić information content (AvgIpc) is 3.26. The second-order valence-corrected chi connectivity index (χ2v) is 6.58. The molecule has 140 valence electrons. The lowest BCUT2D eigenvalue weighted by Gasteiger charge is -2.26. The Kier molecular flexibility index (Phi) is 4.24. The van der Waals surface area contributed by atoms with Crippen molar-refractivity contribution in [2.45, 2.75) is 12.1 Å². The fourth-order valence-corrected chi connectivity index (χ4v) is 3.61. The minimum atomic E-state index is -2.02. The first-order valence-corrected chi connectivity index (χ1v) is 8.57. The number of aliphatic hydroxyl groups is 1. The average molecular weight is 369 g/mol. The minimum Gasteiger partial charge on any atom is -0.469 e. The van der Waals surface area contributed by atoms with Crippen molar-refractivity contribution in [1.29, 1.82) is 0 Å². The quantitative estimate of drug-likeness (QED) is 0.821. The Balaban J connectivity index is 1.71. The number of hydrogen-bond donors (Lipinski definition) is 1. The number of nitrogens with zero attached hydrogens (tertiary/aromatic N) is 1. The minimum absolute atomic E-state index is 0.0609. The van der Waals surface area contributed by atoms with Gasteiger partial charge in [0.25, 0.3) is 5.91 Å². The van der Waals surface area contributed by atoms with Gasteiger partial charge in [0.1, 0.15) is 5.92 Å². The number of carbonyl (C=O) groups is 2. The van der Waals surface area contributed by atoms with Crippen LogP contribution >= 0.6 is 0 Å². The highest BCUT2D eigenvalue weighted by Crippen LogP contribution is 2.43. The lowest BCUT2D eigenvalue weighted by Crippen LogP contribution is -2.43. The maximum atomic E-state index is 13.2. The first kappa shape index (κ1) is 17.4. The van der Waals surface area contributed by atoms with E-state index in [0.29, 0.717) is 18.0 Å². The van der Waals surface area contributed by atoms with E-state index in [1.54, 1.807) is 18.2 Å². The third-order valence-electron chi connectivity index (χ3n) is 5.04. The molecule has 1 N–H and O–H groups in total. The summed E-state index contributed by atoms with van der Waals surface area (Å²) in [5.41, 5.74) is -0.838. The normalized spacial score (nSPS) is 23.6.